The normalized spacial score (nSPS) is 24.5. The van der Waals surface area contributed by atoms with E-state index in [2.05, 4.69) is 28.1 Å². The van der Waals surface area contributed by atoms with Crippen LogP contribution in [0, 0.1) is 5.92 Å². The molecule has 4 N–H and O–H groups in total. The van der Waals surface area contributed by atoms with Crippen LogP contribution in [-0.4, -0.2) is 36.2 Å². The Bertz CT molecular complexity index is 588. The van der Waals surface area contributed by atoms with E-state index >= 15 is 0 Å². The maximum Gasteiger partial charge on any atom is 0.319 e. The first-order valence-electron chi connectivity index (χ1n) is 9.23. The highest BCUT2D eigenvalue weighted by molar-refractivity contribution is 5.89. The van der Waals surface area contributed by atoms with E-state index in [0.717, 1.165) is 44.5 Å². The van der Waals surface area contributed by atoms with Gasteiger partial charge >= 0.3 is 12.0 Å². The number of hydrogen-bond donors (Lipinski definition) is 4. The summed E-state index contributed by atoms with van der Waals surface area (Å²) in [7, 11) is 0. The summed E-state index contributed by atoms with van der Waals surface area (Å²) in [6.07, 6.45) is 5.02. The van der Waals surface area contributed by atoms with Gasteiger partial charge in [-0.05, 0) is 75.2 Å². The van der Waals surface area contributed by atoms with Crippen molar-refractivity contribution in [1.82, 2.24) is 10.6 Å². The van der Waals surface area contributed by atoms with Crippen LogP contribution < -0.4 is 16.0 Å². The van der Waals surface area contributed by atoms with E-state index in [-0.39, 0.29) is 18.0 Å². The van der Waals surface area contributed by atoms with Gasteiger partial charge in [-0.2, -0.15) is 0 Å². The van der Waals surface area contributed by atoms with Crippen molar-refractivity contribution < 1.29 is 14.7 Å². The zero-order chi connectivity index (χ0) is 17.6. The molecule has 2 aliphatic rings. The molecule has 1 aromatic carbocycles. The topological polar surface area (TPSA) is 90.5 Å². The molecule has 1 aliphatic heterocycles. The van der Waals surface area contributed by atoms with Gasteiger partial charge in [-0.1, -0.05) is 12.1 Å². The second-order valence-corrected chi connectivity index (χ2v) is 7.13. The predicted molar refractivity (Wildman–Crippen MR) is 96.8 cm³/mol. The molecule has 1 aliphatic carbocycles. The number of nitrogens with one attached hydrogen (secondary N) is 3. The van der Waals surface area contributed by atoms with E-state index in [4.69, 9.17) is 5.11 Å². The lowest BCUT2D eigenvalue weighted by atomic mass is 9.86. The van der Waals surface area contributed by atoms with Gasteiger partial charge in [0.2, 0.25) is 0 Å². The molecule has 1 heterocycles. The molecule has 25 heavy (non-hydrogen) atoms. The molecule has 1 aromatic rings. The number of carbonyl (C=O) groups is 2. The van der Waals surface area contributed by atoms with Crippen molar-refractivity contribution in [2.45, 2.75) is 50.5 Å². The Morgan fingerprint density at radius 3 is 2.20 bits per heavy atom. The van der Waals surface area contributed by atoms with Crippen LogP contribution in [0.1, 0.15) is 50.0 Å². The molecule has 1 saturated heterocycles. The summed E-state index contributed by atoms with van der Waals surface area (Å²) < 4.78 is 0. The highest BCUT2D eigenvalue weighted by Gasteiger charge is 2.26. The number of carbonyl (C=O) groups excluding carboxylic acids is 1. The van der Waals surface area contributed by atoms with E-state index < -0.39 is 5.97 Å². The van der Waals surface area contributed by atoms with Gasteiger partial charge in [0, 0.05) is 11.7 Å². The van der Waals surface area contributed by atoms with E-state index in [9.17, 15) is 9.59 Å². The summed E-state index contributed by atoms with van der Waals surface area (Å²) in [5.74, 6) is -0.381. The molecule has 0 aromatic heterocycles. The number of carboxylic acids is 1. The van der Waals surface area contributed by atoms with Crippen molar-refractivity contribution in [2.75, 3.05) is 18.4 Å². The third-order valence-corrected chi connectivity index (χ3v) is 5.39. The Morgan fingerprint density at radius 1 is 0.960 bits per heavy atom. The molecule has 2 amide bonds. The Hall–Kier alpha value is -2.08. The lowest BCUT2D eigenvalue weighted by molar-refractivity contribution is -0.142. The molecule has 136 valence electrons. The first-order valence-corrected chi connectivity index (χ1v) is 9.23. The fourth-order valence-corrected chi connectivity index (χ4v) is 3.83. The molecular weight excluding hydrogens is 318 g/mol. The van der Waals surface area contributed by atoms with E-state index in [0.29, 0.717) is 18.8 Å². The number of benzene rings is 1. The minimum absolute atomic E-state index is 0.0598. The summed E-state index contributed by atoms with van der Waals surface area (Å²) in [5.41, 5.74) is 2.12. The predicted octanol–water partition coefficient (Wildman–Crippen LogP) is 2.92. The zero-order valence-electron chi connectivity index (χ0n) is 14.5. The van der Waals surface area contributed by atoms with Crippen LogP contribution in [0.5, 0.6) is 0 Å². The number of aliphatic carboxylic acids is 1. The molecule has 6 heteroatoms. The molecule has 0 unspecified atom stereocenters. The van der Waals surface area contributed by atoms with Crippen molar-refractivity contribution >= 4 is 17.7 Å². The molecule has 0 radical (unpaired) electrons. The number of urea groups is 1. The molecule has 2 fully saturated rings. The van der Waals surface area contributed by atoms with Crippen LogP contribution in [0.15, 0.2) is 24.3 Å². The number of amides is 2. The van der Waals surface area contributed by atoms with Gasteiger partial charge in [0.05, 0.1) is 5.92 Å². The van der Waals surface area contributed by atoms with E-state index in [1.807, 2.05) is 12.1 Å². The fraction of sp³-hybridized carbons (Fsp3) is 0.579. The van der Waals surface area contributed by atoms with Gasteiger partial charge in [0.25, 0.3) is 0 Å². The lowest BCUT2D eigenvalue weighted by Gasteiger charge is -2.27. The van der Waals surface area contributed by atoms with Crippen molar-refractivity contribution in [2.24, 2.45) is 5.92 Å². The first kappa shape index (κ1) is 17.7. The highest BCUT2D eigenvalue weighted by atomic mass is 16.4. The van der Waals surface area contributed by atoms with Gasteiger partial charge in [-0.15, -0.1) is 0 Å². The quantitative estimate of drug-likeness (QED) is 0.675. The molecule has 6 nitrogen and oxygen atoms in total. The van der Waals surface area contributed by atoms with Gasteiger partial charge in [-0.25, -0.2) is 4.79 Å². The van der Waals surface area contributed by atoms with Crippen molar-refractivity contribution in [3.63, 3.8) is 0 Å². The molecule has 0 atom stereocenters. The average molecular weight is 345 g/mol. The van der Waals surface area contributed by atoms with Crippen LogP contribution >= 0.6 is 0 Å². The van der Waals surface area contributed by atoms with Crippen LogP contribution in [-0.2, 0) is 4.79 Å². The summed E-state index contributed by atoms with van der Waals surface area (Å²) in [6.45, 7) is 2.13. The average Bonchev–Trinajstić information content (AvgIpc) is 2.63. The van der Waals surface area contributed by atoms with Crippen molar-refractivity contribution in [3.8, 4) is 0 Å². The molecule has 3 rings (SSSR count). The van der Waals surface area contributed by atoms with Crippen molar-refractivity contribution in [3.05, 3.63) is 29.8 Å². The third kappa shape index (κ3) is 4.95. The van der Waals surface area contributed by atoms with Crippen LogP contribution in [0.3, 0.4) is 0 Å². The highest BCUT2D eigenvalue weighted by Crippen LogP contribution is 2.26. The SMILES string of the molecule is O=C(Nc1ccc(C2CCNCC2)cc1)NC1CCC(C(=O)O)CC1. The van der Waals surface area contributed by atoms with E-state index in [1.165, 1.54) is 5.56 Å². The molecule has 0 bridgehead atoms. The van der Waals surface area contributed by atoms with Crippen molar-refractivity contribution in [1.29, 1.82) is 0 Å². The zero-order valence-corrected chi connectivity index (χ0v) is 14.5. The summed E-state index contributed by atoms with van der Waals surface area (Å²) in [4.78, 5) is 23.1. The monoisotopic (exact) mass is 345 g/mol. The maximum atomic E-state index is 12.1. The van der Waals surface area contributed by atoms with Crippen LogP contribution in [0.4, 0.5) is 10.5 Å². The summed E-state index contributed by atoms with van der Waals surface area (Å²) in [6, 6.07) is 7.96. The summed E-state index contributed by atoms with van der Waals surface area (Å²) in [5, 5.41) is 18.2. The Labute approximate surface area is 148 Å². The Balaban J connectivity index is 1.45. The number of rotatable bonds is 4. The van der Waals surface area contributed by atoms with Gasteiger partial charge < -0.3 is 21.1 Å². The molecular formula is C19H27N3O3. The second-order valence-electron chi connectivity index (χ2n) is 7.13. The minimum Gasteiger partial charge on any atom is -0.481 e. The number of hydrogen-bond acceptors (Lipinski definition) is 3. The maximum absolute atomic E-state index is 12.1. The van der Waals surface area contributed by atoms with Gasteiger partial charge in [-0.3, -0.25) is 4.79 Å². The number of piperidine rings is 1. The minimum atomic E-state index is -0.725. The fourth-order valence-electron chi connectivity index (χ4n) is 3.83. The first-order chi connectivity index (χ1) is 12.1. The number of anilines is 1. The summed E-state index contributed by atoms with van der Waals surface area (Å²) >= 11 is 0. The molecule has 0 spiro atoms. The van der Waals surface area contributed by atoms with E-state index in [1.54, 1.807) is 0 Å². The standard InChI is InChI=1S/C19H27N3O3/c23-18(24)15-3-7-17(8-4-15)22-19(25)21-16-5-1-13(2-6-16)14-9-11-20-12-10-14/h1-2,5-6,14-15,17,20H,3-4,7-12H2,(H,23,24)(H2,21,22,25). The lowest BCUT2D eigenvalue weighted by Crippen LogP contribution is -2.40. The van der Waals surface area contributed by atoms with Crippen LogP contribution in [0.2, 0.25) is 0 Å². The second kappa shape index (κ2) is 8.34. The van der Waals surface area contributed by atoms with Gasteiger partial charge in [0.15, 0.2) is 0 Å². The largest absolute Gasteiger partial charge is 0.481 e. The third-order valence-electron chi connectivity index (χ3n) is 5.39. The Kier molecular flexibility index (Phi) is 5.91. The van der Waals surface area contributed by atoms with Gasteiger partial charge in [0.1, 0.15) is 0 Å². The van der Waals surface area contributed by atoms with Crippen LogP contribution in [0.25, 0.3) is 0 Å². The number of carboxylic acid groups (broad SMARTS) is 1. The smallest absolute Gasteiger partial charge is 0.319 e. The molecule has 1 saturated carbocycles. The Morgan fingerprint density at radius 2 is 1.60 bits per heavy atom.